The second-order valence-electron chi connectivity index (χ2n) is 8.23. The van der Waals surface area contributed by atoms with Crippen molar-refractivity contribution in [3.63, 3.8) is 0 Å². The van der Waals surface area contributed by atoms with Gasteiger partial charge in [-0.25, -0.2) is 0 Å². The molecule has 0 radical (unpaired) electrons. The van der Waals surface area contributed by atoms with Crippen LogP contribution in [0, 0.1) is 13.8 Å². The number of hydrogen-bond acceptors (Lipinski definition) is 2. The van der Waals surface area contributed by atoms with Crippen molar-refractivity contribution in [2.75, 3.05) is 24.2 Å². The van der Waals surface area contributed by atoms with E-state index in [4.69, 9.17) is 0 Å². The molecule has 0 heterocycles. The zero-order valence-electron chi connectivity index (χ0n) is 19.2. The molecule has 3 rings (SSSR count). The molecule has 1 unspecified atom stereocenters. The average molecular weight is 431 g/mol. The molecule has 0 fully saturated rings. The first kappa shape index (κ1) is 23.2. The van der Waals surface area contributed by atoms with Gasteiger partial charge in [0.05, 0.1) is 7.05 Å². The predicted octanol–water partition coefficient (Wildman–Crippen LogP) is 3.70. The smallest absolute Gasteiger partial charge is 0.287 e. The highest BCUT2D eigenvalue weighted by molar-refractivity contribution is 5.96. The number of rotatable bonds is 8. The molecule has 0 aromatic heterocycles. The van der Waals surface area contributed by atoms with Crippen LogP contribution in [-0.4, -0.2) is 25.4 Å². The highest BCUT2D eigenvalue weighted by Crippen LogP contribution is 2.19. The molecular formula is C27H32N3O2+. The van der Waals surface area contributed by atoms with Crippen molar-refractivity contribution in [2.24, 2.45) is 0 Å². The Kier molecular flexibility index (Phi) is 7.79. The number of hydrogen-bond donors (Lipinski definition) is 3. The van der Waals surface area contributed by atoms with Crippen molar-refractivity contribution in [1.29, 1.82) is 0 Å². The fraction of sp³-hybridized carbons (Fsp3) is 0.259. The van der Waals surface area contributed by atoms with Gasteiger partial charge in [0.15, 0.2) is 12.6 Å². The maximum Gasteiger partial charge on any atom is 0.287 e. The highest BCUT2D eigenvalue weighted by atomic mass is 16.2. The number of amides is 2. The summed E-state index contributed by atoms with van der Waals surface area (Å²) < 4.78 is 0. The zero-order chi connectivity index (χ0) is 23.1. The van der Waals surface area contributed by atoms with E-state index in [0.29, 0.717) is 0 Å². The van der Waals surface area contributed by atoms with Crippen LogP contribution in [0.5, 0.6) is 0 Å². The molecule has 2 amide bonds. The van der Waals surface area contributed by atoms with Gasteiger partial charge in [0.1, 0.15) is 0 Å². The van der Waals surface area contributed by atoms with Gasteiger partial charge in [-0.1, -0.05) is 67.6 Å². The second-order valence-corrected chi connectivity index (χ2v) is 8.23. The van der Waals surface area contributed by atoms with Gasteiger partial charge in [0.25, 0.3) is 11.8 Å². The number of carbonyl (C=O) groups excluding carboxylic acids is 2. The molecule has 0 aliphatic heterocycles. The van der Waals surface area contributed by atoms with Crippen LogP contribution in [0.15, 0.2) is 72.8 Å². The van der Waals surface area contributed by atoms with Crippen molar-refractivity contribution < 1.29 is 14.5 Å². The summed E-state index contributed by atoms with van der Waals surface area (Å²) in [6, 6.07) is 22.9. The molecular weight excluding hydrogens is 398 g/mol. The van der Waals surface area contributed by atoms with Crippen LogP contribution in [0.4, 0.5) is 11.4 Å². The maximum absolute atomic E-state index is 13.4. The number of nitrogens with one attached hydrogen (secondary N) is 3. The number of quaternary nitrogens is 1. The van der Waals surface area contributed by atoms with Crippen LogP contribution in [0.2, 0.25) is 0 Å². The first-order valence-corrected chi connectivity index (χ1v) is 11.0. The summed E-state index contributed by atoms with van der Waals surface area (Å²) in [5.74, 6) is -0.256. The van der Waals surface area contributed by atoms with Crippen LogP contribution in [0.25, 0.3) is 0 Å². The van der Waals surface area contributed by atoms with Crippen LogP contribution >= 0.6 is 0 Å². The third-order valence-electron chi connectivity index (χ3n) is 5.65. The predicted molar refractivity (Wildman–Crippen MR) is 130 cm³/mol. The Labute approximate surface area is 190 Å². The second kappa shape index (κ2) is 10.7. The van der Waals surface area contributed by atoms with Gasteiger partial charge in [-0.2, -0.15) is 0 Å². The van der Waals surface area contributed by atoms with Crippen molar-refractivity contribution in [3.05, 3.63) is 95.1 Å². The maximum atomic E-state index is 13.4. The Morgan fingerprint density at radius 1 is 0.875 bits per heavy atom. The number of aryl methyl sites for hydroxylation is 3. The van der Waals surface area contributed by atoms with Crippen LogP contribution < -0.4 is 15.5 Å². The van der Waals surface area contributed by atoms with Crippen molar-refractivity contribution in [3.8, 4) is 0 Å². The van der Waals surface area contributed by atoms with Crippen LogP contribution in [-0.2, 0) is 16.0 Å². The average Bonchev–Trinajstić information content (AvgIpc) is 2.77. The van der Waals surface area contributed by atoms with Crippen LogP contribution in [0.3, 0.4) is 0 Å². The van der Waals surface area contributed by atoms with E-state index in [1.165, 1.54) is 0 Å². The summed E-state index contributed by atoms with van der Waals surface area (Å²) in [5, 5.41) is 6.09. The summed E-state index contributed by atoms with van der Waals surface area (Å²) in [6.45, 7) is 6.20. The molecule has 3 aromatic rings. The minimum Gasteiger partial charge on any atom is -0.321 e. The quantitative estimate of drug-likeness (QED) is 0.510. The zero-order valence-corrected chi connectivity index (χ0v) is 19.2. The molecule has 0 spiro atoms. The topological polar surface area (TPSA) is 62.6 Å². The first-order chi connectivity index (χ1) is 15.4. The molecule has 0 aliphatic carbocycles. The van der Waals surface area contributed by atoms with Gasteiger partial charge >= 0.3 is 0 Å². The number of anilines is 2. The third-order valence-corrected chi connectivity index (χ3v) is 5.65. The molecule has 3 aromatic carbocycles. The van der Waals surface area contributed by atoms with E-state index >= 15 is 0 Å². The van der Waals surface area contributed by atoms with Crippen molar-refractivity contribution >= 4 is 23.2 Å². The van der Waals surface area contributed by atoms with Gasteiger partial charge in [-0.05, 0) is 49.1 Å². The summed E-state index contributed by atoms with van der Waals surface area (Å²) >= 11 is 0. The minimum absolute atomic E-state index is 0.121. The van der Waals surface area contributed by atoms with E-state index in [0.717, 1.165) is 44.9 Å². The van der Waals surface area contributed by atoms with E-state index in [1.54, 1.807) is 0 Å². The monoisotopic (exact) mass is 430 g/mol. The van der Waals surface area contributed by atoms with Crippen LogP contribution in [0.1, 0.15) is 35.2 Å². The number of para-hydroxylation sites is 1. The van der Waals surface area contributed by atoms with E-state index in [1.807, 2.05) is 93.7 Å². The molecule has 2 atom stereocenters. The summed E-state index contributed by atoms with van der Waals surface area (Å²) in [4.78, 5) is 27.0. The minimum atomic E-state index is -0.525. The van der Waals surface area contributed by atoms with E-state index < -0.39 is 6.04 Å². The van der Waals surface area contributed by atoms with Crippen molar-refractivity contribution in [1.82, 2.24) is 0 Å². The fourth-order valence-electron chi connectivity index (χ4n) is 3.88. The lowest BCUT2D eigenvalue weighted by molar-refractivity contribution is -0.893. The first-order valence-electron chi connectivity index (χ1n) is 11.0. The van der Waals surface area contributed by atoms with Gasteiger partial charge in [0, 0.05) is 16.9 Å². The lowest BCUT2D eigenvalue weighted by Crippen LogP contribution is -3.11. The van der Waals surface area contributed by atoms with Crippen molar-refractivity contribution in [2.45, 2.75) is 33.2 Å². The molecule has 0 aliphatic rings. The van der Waals surface area contributed by atoms with E-state index in [-0.39, 0.29) is 18.4 Å². The van der Waals surface area contributed by atoms with Gasteiger partial charge in [0.2, 0.25) is 0 Å². The number of likely N-dealkylation sites (N-methyl/N-ethyl adjacent to an activating group) is 1. The molecule has 0 saturated carbocycles. The Balaban J connectivity index is 1.80. The third kappa shape index (κ3) is 5.83. The molecule has 32 heavy (non-hydrogen) atoms. The van der Waals surface area contributed by atoms with E-state index in [9.17, 15) is 9.59 Å². The molecule has 166 valence electrons. The molecule has 3 N–H and O–H groups in total. The summed E-state index contributed by atoms with van der Waals surface area (Å²) in [5.41, 5.74) is 5.66. The lowest BCUT2D eigenvalue weighted by Gasteiger charge is -2.25. The Hall–Kier alpha value is -3.44. The standard InChI is InChI=1S/C27H31N3O2/c1-5-21-11-9-10-14-23(21)28-25(31)18-30(4)26(22-12-7-6-8-13-22)27(32)29-24-17-19(2)15-16-20(24)3/h6-17,26H,5,18H2,1-4H3,(H,28,31)(H,29,32)/p+1/t26-/m0/s1. The SMILES string of the molecule is CCc1ccccc1NC(=O)C[NH+](C)[C@H](C(=O)Nc1cc(C)ccc1C)c1ccccc1. The normalized spacial score (nSPS) is 12.6. The summed E-state index contributed by atoms with van der Waals surface area (Å²) in [6.07, 6.45) is 0.837. The Bertz CT molecular complexity index is 1080. The lowest BCUT2D eigenvalue weighted by atomic mass is 10.0. The van der Waals surface area contributed by atoms with Gasteiger partial charge in [-0.15, -0.1) is 0 Å². The highest BCUT2D eigenvalue weighted by Gasteiger charge is 2.31. The number of carbonyl (C=O) groups is 2. The molecule has 0 saturated heterocycles. The van der Waals surface area contributed by atoms with E-state index in [2.05, 4.69) is 17.6 Å². The Morgan fingerprint density at radius 3 is 2.28 bits per heavy atom. The molecule has 5 nitrogen and oxygen atoms in total. The number of benzene rings is 3. The Morgan fingerprint density at radius 2 is 1.56 bits per heavy atom. The van der Waals surface area contributed by atoms with Gasteiger partial charge in [-0.3, -0.25) is 9.59 Å². The summed E-state index contributed by atoms with van der Waals surface area (Å²) in [7, 11) is 1.88. The molecule has 0 bridgehead atoms. The molecule has 5 heteroatoms. The fourth-order valence-corrected chi connectivity index (χ4v) is 3.88. The largest absolute Gasteiger partial charge is 0.321 e. The van der Waals surface area contributed by atoms with Gasteiger partial charge < -0.3 is 15.5 Å².